The van der Waals surface area contributed by atoms with Gasteiger partial charge in [-0.1, -0.05) is 49.4 Å². The van der Waals surface area contributed by atoms with E-state index in [1.54, 1.807) is 0 Å². The van der Waals surface area contributed by atoms with E-state index in [0.29, 0.717) is 6.04 Å². The number of hydrogen-bond acceptors (Lipinski definition) is 2. The van der Waals surface area contributed by atoms with Crippen molar-refractivity contribution in [3.63, 3.8) is 0 Å². The molecule has 1 aromatic rings. The van der Waals surface area contributed by atoms with Crippen LogP contribution in [0.5, 0.6) is 0 Å². The highest BCUT2D eigenvalue weighted by Crippen LogP contribution is 2.31. The van der Waals surface area contributed by atoms with Gasteiger partial charge in [0.15, 0.2) is 0 Å². The van der Waals surface area contributed by atoms with Crippen LogP contribution in [-0.2, 0) is 0 Å². The minimum Gasteiger partial charge on any atom is -0.314 e. The van der Waals surface area contributed by atoms with Crippen molar-refractivity contribution in [1.82, 2.24) is 10.2 Å². The van der Waals surface area contributed by atoms with Crippen LogP contribution in [0.4, 0.5) is 0 Å². The Kier molecular flexibility index (Phi) is 6.63. The summed E-state index contributed by atoms with van der Waals surface area (Å²) < 4.78 is 0. The molecule has 1 aliphatic heterocycles. The number of unbranched alkanes of at least 4 members (excludes halogenated alkanes) is 2. The number of hydrogen-bond donors (Lipinski definition) is 1. The average Bonchev–Trinajstić information content (AvgIpc) is 2.43. The van der Waals surface area contributed by atoms with Crippen LogP contribution in [0.15, 0.2) is 18.2 Å². The third-order valence-corrected chi connectivity index (χ3v) is 4.38. The van der Waals surface area contributed by atoms with Gasteiger partial charge in [-0.05, 0) is 30.2 Å². The number of piperazine rings is 1. The first-order chi connectivity index (χ1) is 9.70. The Morgan fingerprint density at radius 1 is 1.10 bits per heavy atom. The number of nitrogens with one attached hydrogen (secondary N) is 1. The average molecular weight is 315 g/mol. The van der Waals surface area contributed by atoms with Gasteiger partial charge in [0, 0.05) is 42.3 Å². The van der Waals surface area contributed by atoms with Crippen molar-refractivity contribution in [3.8, 4) is 0 Å². The van der Waals surface area contributed by atoms with Crippen LogP contribution in [0.3, 0.4) is 0 Å². The van der Waals surface area contributed by atoms with E-state index in [4.69, 9.17) is 23.2 Å². The second-order valence-corrected chi connectivity index (χ2v) is 6.37. The molecule has 0 radical (unpaired) electrons. The van der Waals surface area contributed by atoms with E-state index in [9.17, 15) is 0 Å². The van der Waals surface area contributed by atoms with Crippen molar-refractivity contribution in [2.75, 3.05) is 26.2 Å². The summed E-state index contributed by atoms with van der Waals surface area (Å²) in [5, 5.41) is 4.90. The van der Waals surface area contributed by atoms with Crippen molar-refractivity contribution in [2.24, 2.45) is 0 Å². The van der Waals surface area contributed by atoms with E-state index in [-0.39, 0.29) is 0 Å². The molecule has 20 heavy (non-hydrogen) atoms. The zero-order chi connectivity index (χ0) is 14.4. The molecular weight excluding hydrogens is 291 g/mol. The standard InChI is InChI=1S/C16H24Cl2N2/c1-2-3-4-5-16(20-8-6-19-7-9-20)13-10-14(17)12-15(18)11-13/h10-12,16,19H,2-9H2,1H3/t16-/m1/s1. The summed E-state index contributed by atoms with van der Waals surface area (Å²) in [5.41, 5.74) is 1.26. The third-order valence-electron chi connectivity index (χ3n) is 3.94. The maximum absolute atomic E-state index is 6.18. The highest BCUT2D eigenvalue weighted by atomic mass is 35.5. The summed E-state index contributed by atoms with van der Waals surface area (Å²) in [6, 6.07) is 6.41. The Morgan fingerprint density at radius 3 is 2.35 bits per heavy atom. The van der Waals surface area contributed by atoms with Gasteiger partial charge < -0.3 is 5.32 Å². The Labute approximate surface area is 132 Å². The summed E-state index contributed by atoms with van der Waals surface area (Å²) in [6.45, 7) is 6.58. The number of halogens is 2. The van der Waals surface area contributed by atoms with Gasteiger partial charge in [0.2, 0.25) is 0 Å². The minimum atomic E-state index is 0.444. The van der Waals surface area contributed by atoms with Crippen LogP contribution >= 0.6 is 23.2 Å². The first-order valence-electron chi connectivity index (χ1n) is 7.61. The Hall–Kier alpha value is -0.280. The van der Waals surface area contributed by atoms with Crippen LogP contribution in [0.25, 0.3) is 0 Å². The normalized spacial score (nSPS) is 18.1. The third kappa shape index (κ3) is 4.63. The molecule has 112 valence electrons. The fourth-order valence-corrected chi connectivity index (χ4v) is 3.45. The predicted octanol–water partition coefficient (Wildman–Crippen LogP) is 4.52. The molecule has 1 saturated heterocycles. The maximum Gasteiger partial charge on any atom is 0.0424 e. The van der Waals surface area contributed by atoms with Gasteiger partial charge in [-0.25, -0.2) is 0 Å². The predicted molar refractivity (Wildman–Crippen MR) is 87.8 cm³/mol. The van der Waals surface area contributed by atoms with E-state index in [1.165, 1.54) is 31.2 Å². The lowest BCUT2D eigenvalue weighted by Gasteiger charge is -2.35. The largest absolute Gasteiger partial charge is 0.314 e. The molecule has 4 heteroatoms. The lowest BCUT2D eigenvalue weighted by Crippen LogP contribution is -2.45. The zero-order valence-corrected chi connectivity index (χ0v) is 13.7. The fraction of sp³-hybridized carbons (Fsp3) is 0.625. The topological polar surface area (TPSA) is 15.3 Å². The molecule has 0 saturated carbocycles. The molecule has 1 N–H and O–H groups in total. The van der Waals surface area contributed by atoms with Gasteiger partial charge in [0.25, 0.3) is 0 Å². The number of rotatable bonds is 6. The van der Waals surface area contributed by atoms with Crippen molar-refractivity contribution in [3.05, 3.63) is 33.8 Å². The number of benzene rings is 1. The molecule has 0 aromatic heterocycles. The molecule has 2 nitrogen and oxygen atoms in total. The summed E-state index contributed by atoms with van der Waals surface area (Å²) in [4.78, 5) is 2.56. The smallest absolute Gasteiger partial charge is 0.0424 e. The molecule has 0 spiro atoms. The first-order valence-corrected chi connectivity index (χ1v) is 8.37. The minimum absolute atomic E-state index is 0.444. The molecule has 0 amide bonds. The van der Waals surface area contributed by atoms with Gasteiger partial charge in [-0.3, -0.25) is 4.90 Å². The second kappa shape index (κ2) is 8.23. The summed E-state index contributed by atoms with van der Waals surface area (Å²) in [5.74, 6) is 0. The highest BCUT2D eigenvalue weighted by Gasteiger charge is 2.22. The molecule has 1 fully saturated rings. The zero-order valence-electron chi connectivity index (χ0n) is 12.2. The molecule has 0 unspecified atom stereocenters. The van der Waals surface area contributed by atoms with Crippen LogP contribution in [0, 0.1) is 0 Å². The first kappa shape index (κ1) is 16.1. The van der Waals surface area contributed by atoms with Crippen LogP contribution in [-0.4, -0.2) is 31.1 Å². The molecule has 1 aromatic carbocycles. The fourth-order valence-electron chi connectivity index (χ4n) is 2.91. The van der Waals surface area contributed by atoms with Crippen molar-refractivity contribution < 1.29 is 0 Å². The van der Waals surface area contributed by atoms with E-state index in [2.05, 4.69) is 29.3 Å². The summed E-state index contributed by atoms with van der Waals surface area (Å²) in [7, 11) is 0. The molecule has 1 aliphatic rings. The van der Waals surface area contributed by atoms with Gasteiger partial charge in [-0.15, -0.1) is 0 Å². The monoisotopic (exact) mass is 314 g/mol. The number of nitrogens with zero attached hydrogens (tertiary/aromatic N) is 1. The molecule has 0 bridgehead atoms. The Balaban J connectivity index is 2.15. The van der Waals surface area contributed by atoms with Gasteiger partial charge >= 0.3 is 0 Å². The van der Waals surface area contributed by atoms with Crippen LogP contribution in [0.1, 0.15) is 44.2 Å². The Morgan fingerprint density at radius 2 is 1.75 bits per heavy atom. The molecule has 1 heterocycles. The van der Waals surface area contributed by atoms with Crippen molar-refractivity contribution >= 4 is 23.2 Å². The summed E-state index contributed by atoms with van der Waals surface area (Å²) in [6.07, 6.45) is 4.99. The van der Waals surface area contributed by atoms with E-state index in [0.717, 1.165) is 36.2 Å². The molecular formula is C16H24Cl2N2. The Bertz CT molecular complexity index is 397. The lowest BCUT2D eigenvalue weighted by atomic mass is 9.98. The van der Waals surface area contributed by atoms with E-state index in [1.807, 2.05) is 6.07 Å². The SMILES string of the molecule is CCCCC[C@H](c1cc(Cl)cc(Cl)c1)N1CCNCC1. The van der Waals surface area contributed by atoms with Crippen molar-refractivity contribution in [1.29, 1.82) is 0 Å². The van der Waals surface area contributed by atoms with E-state index >= 15 is 0 Å². The van der Waals surface area contributed by atoms with Gasteiger partial charge in [-0.2, -0.15) is 0 Å². The van der Waals surface area contributed by atoms with Gasteiger partial charge in [0.1, 0.15) is 0 Å². The van der Waals surface area contributed by atoms with E-state index < -0.39 is 0 Å². The molecule has 0 aliphatic carbocycles. The highest BCUT2D eigenvalue weighted by molar-refractivity contribution is 6.34. The van der Waals surface area contributed by atoms with Crippen LogP contribution < -0.4 is 5.32 Å². The second-order valence-electron chi connectivity index (χ2n) is 5.50. The summed E-state index contributed by atoms with van der Waals surface area (Å²) >= 11 is 12.4. The molecule has 1 atom stereocenters. The maximum atomic E-state index is 6.18. The van der Waals surface area contributed by atoms with Gasteiger partial charge in [0.05, 0.1) is 0 Å². The lowest BCUT2D eigenvalue weighted by molar-refractivity contribution is 0.163. The van der Waals surface area contributed by atoms with Crippen molar-refractivity contribution in [2.45, 2.75) is 38.6 Å². The molecule has 2 rings (SSSR count). The quantitative estimate of drug-likeness (QED) is 0.777. The van der Waals surface area contributed by atoms with Crippen LogP contribution in [0.2, 0.25) is 10.0 Å².